The summed E-state index contributed by atoms with van der Waals surface area (Å²) in [6.07, 6.45) is 0.560. The average Bonchev–Trinajstić information content (AvgIpc) is 3.22. The van der Waals surface area contributed by atoms with Crippen molar-refractivity contribution in [1.82, 2.24) is 14.5 Å². The summed E-state index contributed by atoms with van der Waals surface area (Å²) in [5.74, 6) is 0.508. The van der Waals surface area contributed by atoms with Crippen LogP contribution in [0.1, 0.15) is 12.8 Å². The molecule has 10 heteroatoms. The second-order valence-corrected chi connectivity index (χ2v) is 9.45. The van der Waals surface area contributed by atoms with Crippen LogP contribution in [-0.4, -0.2) is 49.5 Å². The lowest BCUT2D eigenvalue weighted by Crippen LogP contribution is -2.28. The van der Waals surface area contributed by atoms with Crippen LogP contribution in [0.15, 0.2) is 59.5 Å². The van der Waals surface area contributed by atoms with E-state index in [1.165, 1.54) is 22.7 Å². The molecule has 3 aromatic rings. The Morgan fingerprint density at radius 2 is 1.80 bits per heavy atom. The number of rotatable bonds is 9. The molecule has 1 N–H and O–H groups in total. The minimum atomic E-state index is -3.56. The first-order valence-electron chi connectivity index (χ1n) is 9.19. The first kappa shape index (κ1) is 21.9. The van der Waals surface area contributed by atoms with Crippen LogP contribution < -0.4 is 10.1 Å². The molecule has 1 amide bonds. The summed E-state index contributed by atoms with van der Waals surface area (Å²) in [5, 5.41) is 11.9. The number of methoxy groups -OCH3 is 1. The maximum Gasteiger partial charge on any atom is 0.242 e. The number of nitrogens with zero attached hydrogens (tertiary/aromatic N) is 3. The fraction of sp³-hybridized carbons (Fsp3) is 0.250. The molecular formula is C20H22N4O4S2. The van der Waals surface area contributed by atoms with Gasteiger partial charge in [0.15, 0.2) is 0 Å². The van der Waals surface area contributed by atoms with E-state index in [4.69, 9.17) is 4.74 Å². The van der Waals surface area contributed by atoms with Crippen LogP contribution in [0.5, 0.6) is 5.75 Å². The summed E-state index contributed by atoms with van der Waals surface area (Å²) in [6.45, 7) is 0.234. The van der Waals surface area contributed by atoms with Crippen molar-refractivity contribution in [1.29, 1.82) is 0 Å². The fourth-order valence-corrected chi connectivity index (χ4v) is 4.66. The molecule has 0 saturated carbocycles. The Morgan fingerprint density at radius 3 is 2.47 bits per heavy atom. The van der Waals surface area contributed by atoms with E-state index < -0.39 is 10.0 Å². The number of nitrogens with one attached hydrogen (secondary N) is 1. The lowest BCUT2D eigenvalue weighted by atomic mass is 10.2. The number of carbonyl (C=O) groups excluding carboxylic acids is 1. The second-order valence-electron chi connectivity index (χ2n) is 6.43. The molecule has 0 atom stereocenters. The topological polar surface area (TPSA) is 101 Å². The highest BCUT2D eigenvalue weighted by molar-refractivity contribution is 7.89. The van der Waals surface area contributed by atoms with E-state index in [2.05, 4.69) is 15.5 Å². The van der Waals surface area contributed by atoms with Gasteiger partial charge in [-0.2, -0.15) is 0 Å². The third-order valence-electron chi connectivity index (χ3n) is 4.34. The first-order chi connectivity index (χ1) is 14.4. The highest BCUT2D eigenvalue weighted by Gasteiger charge is 2.20. The zero-order valence-electron chi connectivity index (χ0n) is 16.6. The van der Waals surface area contributed by atoms with Crippen molar-refractivity contribution in [2.75, 3.05) is 26.0 Å². The molecule has 0 saturated heterocycles. The minimum Gasteiger partial charge on any atom is -0.497 e. The smallest absolute Gasteiger partial charge is 0.242 e. The summed E-state index contributed by atoms with van der Waals surface area (Å²) >= 11 is 1.27. The van der Waals surface area contributed by atoms with Gasteiger partial charge >= 0.3 is 0 Å². The van der Waals surface area contributed by atoms with Crippen LogP contribution >= 0.6 is 11.3 Å². The van der Waals surface area contributed by atoms with Crippen LogP contribution in [0.25, 0.3) is 10.6 Å². The maximum absolute atomic E-state index is 12.5. The molecule has 0 fully saturated rings. The van der Waals surface area contributed by atoms with Crippen LogP contribution in [-0.2, 0) is 14.8 Å². The van der Waals surface area contributed by atoms with Crippen molar-refractivity contribution in [2.24, 2.45) is 0 Å². The number of aromatic nitrogens is 2. The van der Waals surface area contributed by atoms with E-state index in [0.29, 0.717) is 16.6 Å². The highest BCUT2D eigenvalue weighted by atomic mass is 32.2. The van der Waals surface area contributed by atoms with Crippen LogP contribution in [0.3, 0.4) is 0 Å². The Morgan fingerprint density at radius 1 is 1.10 bits per heavy atom. The molecule has 0 radical (unpaired) electrons. The van der Waals surface area contributed by atoms with Crippen molar-refractivity contribution < 1.29 is 17.9 Å². The maximum atomic E-state index is 12.5. The Labute approximate surface area is 179 Å². The number of anilines is 1. The third-order valence-corrected chi connectivity index (χ3v) is 7.10. The zero-order chi connectivity index (χ0) is 21.6. The molecule has 30 heavy (non-hydrogen) atoms. The Bertz CT molecular complexity index is 1080. The van der Waals surface area contributed by atoms with E-state index in [-0.39, 0.29) is 23.8 Å². The lowest BCUT2D eigenvalue weighted by Gasteiger charge is -2.16. The molecule has 3 rings (SSSR count). The second kappa shape index (κ2) is 9.79. The SMILES string of the molecule is COc1ccc(-c2nnc(NC(=O)CCCN(C)S(=O)(=O)c3ccccc3)s2)cc1. The normalized spacial score (nSPS) is 11.4. The first-order valence-corrected chi connectivity index (χ1v) is 11.4. The van der Waals surface area contributed by atoms with Gasteiger partial charge in [0.25, 0.3) is 0 Å². The van der Waals surface area contributed by atoms with E-state index in [1.54, 1.807) is 37.4 Å². The largest absolute Gasteiger partial charge is 0.497 e. The molecule has 0 spiro atoms. The van der Waals surface area contributed by atoms with Gasteiger partial charge in [-0.15, -0.1) is 10.2 Å². The average molecular weight is 447 g/mol. The van der Waals surface area contributed by atoms with E-state index in [9.17, 15) is 13.2 Å². The van der Waals surface area contributed by atoms with Crippen LogP contribution in [0.4, 0.5) is 5.13 Å². The van der Waals surface area contributed by atoms with Gasteiger partial charge in [0, 0.05) is 25.6 Å². The van der Waals surface area contributed by atoms with Gasteiger partial charge in [-0.1, -0.05) is 29.5 Å². The van der Waals surface area contributed by atoms with Gasteiger partial charge in [-0.25, -0.2) is 12.7 Å². The molecule has 0 aliphatic carbocycles. The Hall–Kier alpha value is -2.82. The van der Waals surface area contributed by atoms with E-state index in [0.717, 1.165) is 11.3 Å². The molecule has 1 heterocycles. The molecule has 1 aromatic heterocycles. The zero-order valence-corrected chi connectivity index (χ0v) is 18.2. The predicted molar refractivity (Wildman–Crippen MR) is 116 cm³/mol. The molecule has 8 nitrogen and oxygen atoms in total. The van der Waals surface area contributed by atoms with Crippen LogP contribution in [0.2, 0.25) is 0 Å². The molecule has 0 bridgehead atoms. The third kappa shape index (κ3) is 5.41. The monoisotopic (exact) mass is 446 g/mol. The van der Waals surface area contributed by atoms with Gasteiger partial charge < -0.3 is 10.1 Å². The summed E-state index contributed by atoms with van der Waals surface area (Å²) in [7, 11) is -0.450. The summed E-state index contributed by atoms with van der Waals surface area (Å²) in [4.78, 5) is 12.4. The lowest BCUT2D eigenvalue weighted by molar-refractivity contribution is -0.116. The summed E-state index contributed by atoms with van der Waals surface area (Å²) in [5.41, 5.74) is 0.876. The van der Waals surface area contributed by atoms with Crippen LogP contribution in [0, 0.1) is 0 Å². The fourth-order valence-electron chi connectivity index (χ4n) is 2.66. The van der Waals surface area contributed by atoms with E-state index >= 15 is 0 Å². The molecule has 0 unspecified atom stereocenters. The molecule has 0 aliphatic heterocycles. The minimum absolute atomic E-state index is 0.173. The van der Waals surface area contributed by atoms with Crippen molar-refractivity contribution >= 4 is 32.4 Å². The number of ether oxygens (including phenoxy) is 1. The van der Waals surface area contributed by atoms with Gasteiger partial charge in [0.1, 0.15) is 10.8 Å². The number of benzene rings is 2. The number of amides is 1. The van der Waals surface area contributed by atoms with Crippen molar-refractivity contribution in [2.45, 2.75) is 17.7 Å². The quantitative estimate of drug-likeness (QED) is 0.541. The van der Waals surface area contributed by atoms with Gasteiger partial charge in [0.2, 0.25) is 21.1 Å². The molecular weight excluding hydrogens is 424 g/mol. The van der Waals surface area contributed by atoms with Crippen molar-refractivity contribution in [3.63, 3.8) is 0 Å². The molecule has 0 aliphatic rings. The van der Waals surface area contributed by atoms with Crippen molar-refractivity contribution in [3.05, 3.63) is 54.6 Å². The predicted octanol–water partition coefficient (Wildman–Crippen LogP) is 3.25. The molecule has 158 valence electrons. The Kier molecular flexibility index (Phi) is 7.14. The van der Waals surface area contributed by atoms with Gasteiger partial charge in [-0.3, -0.25) is 4.79 Å². The van der Waals surface area contributed by atoms with Gasteiger partial charge in [-0.05, 0) is 42.8 Å². The summed E-state index contributed by atoms with van der Waals surface area (Å²) in [6, 6.07) is 15.6. The van der Waals surface area contributed by atoms with Crippen molar-refractivity contribution in [3.8, 4) is 16.3 Å². The van der Waals surface area contributed by atoms with E-state index in [1.807, 2.05) is 24.3 Å². The number of hydrogen-bond donors (Lipinski definition) is 1. The van der Waals surface area contributed by atoms with Gasteiger partial charge in [0.05, 0.1) is 12.0 Å². The Balaban J connectivity index is 1.50. The number of hydrogen-bond acceptors (Lipinski definition) is 7. The standard InChI is InChI=1S/C20H22N4O4S2/c1-24(30(26,27)17-7-4-3-5-8-17)14-6-9-18(25)21-20-23-22-19(29-20)15-10-12-16(28-2)13-11-15/h3-5,7-8,10-13H,6,9,14H2,1-2H3,(H,21,23,25). The summed E-state index contributed by atoms with van der Waals surface area (Å²) < 4.78 is 31.3. The number of carbonyl (C=O) groups is 1. The highest BCUT2D eigenvalue weighted by Crippen LogP contribution is 2.27. The molecule has 2 aromatic carbocycles. The number of sulfonamides is 1.